The monoisotopic (exact) mass is 322 g/mol. The molecule has 7 heteroatoms. The molecule has 0 N–H and O–H groups in total. The van der Waals surface area contributed by atoms with Gasteiger partial charge in [-0.1, -0.05) is 11.8 Å². The van der Waals surface area contributed by atoms with Gasteiger partial charge in [-0.15, -0.1) is 0 Å². The van der Waals surface area contributed by atoms with E-state index in [-0.39, 0.29) is 12.0 Å². The second kappa shape index (κ2) is 5.98. The van der Waals surface area contributed by atoms with Gasteiger partial charge in [-0.05, 0) is 32.9 Å². The number of halogens is 3. The maximum absolute atomic E-state index is 13.6. The molecule has 1 aromatic carbocycles. The third-order valence-corrected chi connectivity index (χ3v) is 3.38. The lowest BCUT2D eigenvalue weighted by atomic mass is 9.98. The molecule has 0 aromatic heterocycles. The van der Waals surface area contributed by atoms with Gasteiger partial charge in [0.2, 0.25) is 5.82 Å². The summed E-state index contributed by atoms with van der Waals surface area (Å²) in [5.41, 5.74) is -0.232. The van der Waals surface area contributed by atoms with Crippen LogP contribution in [0.5, 0.6) is 5.75 Å². The van der Waals surface area contributed by atoms with Crippen molar-refractivity contribution >= 4 is 19.7 Å². The van der Waals surface area contributed by atoms with Crippen LogP contribution in [0.3, 0.4) is 0 Å². The van der Waals surface area contributed by atoms with E-state index < -0.39 is 31.3 Å². The molecule has 110 valence electrons. The molecule has 20 heavy (non-hydrogen) atoms. The predicted octanol–water partition coefficient (Wildman–Crippen LogP) is 3.32. The van der Waals surface area contributed by atoms with Crippen LogP contribution in [0.15, 0.2) is 17.0 Å². The van der Waals surface area contributed by atoms with E-state index in [1.165, 1.54) is 0 Å². The minimum absolute atomic E-state index is 0.138. The van der Waals surface area contributed by atoms with Crippen LogP contribution in [0.1, 0.15) is 20.8 Å². The highest BCUT2D eigenvalue weighted by Crippen LogP contribution is 2.27. The van der Waals surface area contributed by atoms with Gasteiger partial charge in [0.1, 0.15) is 11.5 Å². The lowest BCUT2D eigenvalue weighted by Gasteiger charge is -2.08. The van der Waals surface area contributed by atoms with E-state index in [4.69, 9.17) is 15.4 Å². The maximum atomic E-state index is 13.6. The summed E-state index contributed by atoms with van der Waals surface area (Å²) < 4.78 is 54.0. The van der Waals surface area contributed by atoms with Gasteiger partial charge in [-0.3, -0.25) is 0 Å². The summed E-state index contributed by atoms with van der Waals surface area (Å²) in [7, 11) is 0.624. The highest BCUT2D eigenvalue weighted by atomic mass is 35.7. The summed E-state index contributed by atoms with van der Waals surface area (Å²) in [5.74, 6) is 2.11. The zero-order chi connectivity index (χ0) is 15.6. The Labute approximate surface area is 121 Å². The first kappa shape index (κ1) is 16.7. The molecule has 0 atom stereocenters. The summed E-state index contributed by atoms with van der Waals surface area (Å²) in [6.07, 6.45) is 0. The van der Waals surface area contributed by atoms with Gasteiger partial charge in [0.05, 0.1) is 0 Å². The van der Waals surface area contributed by atoms with Gasteiger partial charge >= 0.3 is 0 Å². The Kier molecular flexibility index (Phi) is 5.00. The fourth-order valence-corrected chi connectivity index (χ4v) is 2.12. The topological polar surface area (TPSA) is 43.4 Å². The highest BCUT2D eigenvalue weighted by molar-refractivity contribution is 8.13. The molecule has 0 fully saturated rings. The molecule has 1 rings (SSSR count). The minimum Gasteiger partial charge on any atom is -0.478 e. The summed E-state index contributed by atoms with van der Waals surface area (Å²) in [4.78, 5) is -0.926. The fourth-order valence-electron chi connectivity index (χ4n) is 1.23. The van der Waals surface area contributed by atoms with Crippen LogP contribution >= 0.6 is 10.7 Å². The number of benzene rings is 1. The summed E-state index contributed by atoms with van der Waals surface area (Å²) in [6, 6.07) is 1.83. The molecule has 0 heterocycles. The zero-order valence-electron chi connectivity index (χ0n) is 11.1. The van der Waals surface area contributed by atoms with Gasteiger partial charge < -0.3 is 4.74 Å². The smallest absolute Gasteiger partial charge is 0.264 e. The van der Waals surface area contributed by atoms with Gasteiger partial charge in [-0.25, -0.2) is 12.8 Å². The average molecular weight is 323 g/mol. The Morgan fingerprint density at radius 1 is 1.25 bits per heavy atom. The summed E-state index contributed by atoms with van der Waals surface area (Å²) in [5, 5.41) is 0. The van der Waals surface area contributed by atoms with Gasteiger partial charge in [-0.2, -0.15) is 4.39 Å². The predicted molar refractivity (Wildman–Crippen MR) is 72.1 cm³/mol. The van der Waals surface area contributed by atoms with Gasteiger partial charge in [0.15, 0.2) is 11.6 Å². The van der Waals surface area contributed by atoms with Crippen LogP contribution in [-0.4, -0.2) is 15.0 Å². The number of hydrogen-bond acceptors (Lipinski definition) is 3. The van der Waals surface area contributed by atoms with Crippen molar-refractivity contribution < 1.29 is 21.9 Å². The van der Waals surface area contributed by atoms with Crippen molar-refractivity contribution in [3.63, 3.8) is 0 Å². The van der Waals surface area contributed by atoms with Crippen LogP contribution in [0.2, 0.25) is 0 Å². The average Bonchev–Trinajstić information content (AvgIpc) is 2.26. The standard InChI is InChI=1S/C13H13ClF2O3S/c1-13(2,3)7-4-8-19-9-5-6-10(20(14,17)18)12(16)11(9)15/h5-6H,8H2,1-3H3. The molecule has 0 bridgehead atoms. The van der Waals surface area contributed by atoms with Crippen LogP contribution in [0, 0.1) is 28.9 Å². The van der Waals surface area contributed by atoms with E-state index in [1.54, 1.807) is 0 Å². The van der Waals surface area contributed by atoms with E-state index >= 15 is 0 Å². The first-order valence-corrected chi connectivity index (χ1v) is 7.89. The van der Waals surface area contributed by atoms with E-state index in [0.717, 1.165) is 12.1 Å². The first-order chi connectivity index (χ1) is 9.02. The molecule has 0 aliphatic rings. The van der Waals surface area contributed by atoms with Crippen molar-refractivity contribution in [3.8, 4) is 17.6 Å². The van der Waals surface area contributed by atoms with Gasteiger partial charge in [0.25, 0.3) is 9.05 Å². The maximum Gasteiger partial charge on any atom is 0.264 e. The van der Waals surface area contributed by atoms with Crippen LogP contribution in [-0.2, 0) is 9.05 Å². The fraction of sp³-hybridized carbons (Fsp3) is 0.385. The Morgan fingerprint density at radius 3 is 2.35 bits per heavy atom. The Bertz CT molecular complexity index is 667. The van der Waals surface area contributed by atoms with Crippen LogP contribution < -0.4 is 4.74 Å². The second-order valence-corrected chi connectivity index (χ2v) is 7.50. The first-order valence-electron chi connectivity index (χ1n) is 5.58. The van der Waals surface area contributed by atoms with E-state index in [1.807, 2.05) is 20.8 Å². The third kappa shape index (κ3) is 4.66. The van der Waals surface area contributed by atoms with Crippen molar-refractivity contribution in [2.24, 2.45) is 5.41 Å². The molecular weight excluding hydrogens is 310 g/mol. The zero-order valence-corrected chi connectivity index (χ0v) is 12.7. The van der Waals surface area contributed by atoms with Crippen molar-refractivity contribution in [3.05, 3.63) is 23.8 Å². The van der Waals surface area contributed by atoms with Crippen LogP contribution in [0.25, 0.3) is 0 Å². The quantitative estimate of drug-likeness (QED) is 0.633. The molecule has 3 nitrogen and oxygen atoms in total. The normalized spacial score (nSPS) is 11.7. The molecule has 0 spiro atoms. The van der Waals surface area contributed by atoms with E-state index in [9.17, 15) is 17.2 Å². The number of rotatable bonds is 3. The highest BCUT2D eigenvalue weighted by Gasteiger charge is 2.22. The summed E-state index contributed by atoms with van der Waals surface area (Å²) >= 11 is 0. The number of hydrogen-bond donors (Lipinski definition) is 0. The van der Waals surface area contributed by atoms with Crippen molar-refractivity contribution in [2.75, 3.05) is 6.61 Å². The summed E-state index contributed by atoms with van der Waals surface area (Å²) in [6.45, 7) is 5.53. The molecule has 0 aliphatic carbocycles. The Morgan fingerprint density at radius 2 is 1.85 bits per heavy atom. The Hall–Kier alpha value is -1.32. The van der Waals surface area contributed by atoms with Crippen molar-refractivity contribution in [2.45, 2.75) is 25.7 Å². The molecular formula is C13H13ClF2O3S. The molecule has 0 unspecified atom stereocenters. The third-order valence-electron chi connectivity index (χ3n) is 2.04. The largest absolute Gasteiger partial charge is 0.478 e. The van der Waals surface area contributed by atoms with Crippen molar-refractivity contribution in [1.82, 2.24) is 0 Å². The number of ether oxygens (including phenoxy) is 1. The molecule has 0 radical (unpaired) electrons. The Balaban J connectivity index is 2.95. The second-order valence-electron chi connectivity index (χ2n) is 4.97. The van der Waals surface area contributed by atoms with E-state index in [2.05, 4.69) is 11.8 Å². The molecule has 0 aliphatic heterocycles. The molecule has 1 aromatic rings. The van der Waals surface area contributed by atoms with Crippen molar-refractivity contribution in [1.29, 1.82) is 0 Å². The lowest BCUT2D eigenvalue weighted by Crippen LogP contribution is -2.04. The van der Waals surface area contributed by atoms with Gasteiger partial charge in [0, 0.05) is 16.1 Å². The molecule has 0 amide bonds. The van der Waals surface area contributed by atoms with Crippen LogP contribution in [0.4, 0.5) is 8.78 Å². The lowest BCUT2D eigenvalue weighted by molar-refractivity contribution is 0.335. The molecule has 0 saturated carbocycles. The molecule has 0 saturated heterocycles. The van der Waals surface area contributed by atoms with E-state index in [0.29, 0.717) is 0 Å². The SMILES string of the molecule is CC(C)(C)C#CCOc1ccc(S(=O)(=O)Cl)c(F)c1F. The minimum atomic E-state index is -4.34.